The lowest BCUT2D eigenvalue weighted by molar-refractivity contribution is -0.136. The zero-order valence-corrected chi connectivity index (χ0v) is 11.9. The van der Waals surface area contributed by atoms with Gasteiger partial charge in [-0.2, -0.15) is 0 Å². The molecule has 6 heteroatoms. The number of halogens is 1. The van der Waals surface area contributed by atoms with Crippen LogP contribution in [0.4, 0.5) is 5.13 Å². The van der Waals surface area contributed by atoms with Gasteiger partial charge in [-0.1, -0.05) is 0 Å². The quantitative estimate of drug-likeness (QED) is 0.796. The van der Waals surface area contributed by atoms with Gasteiger partial charge in [0.1, 0.15) is 10.1 Å². The third-order valence-corrected chi connectivity index (χ3v) is 4.47. The summed E-state index contributed by atoms with van der Waals surface area (Å²) in [5, 5.41) is 2.84. The third-order valence-electron chi connectivity index (χ3n) is 2.90. The monoisotopic (exact) mass is 303 g/mol. The summed E-state index contributed by atoms with van der Waals surface area (Å²) in [5.41, 5.74) is -0.510. The van der Waals surface area contributed by atoms with Crippen molar-refractivity contribution in [2.45, 2.75) is 19.4 Å². The molecule has 1 fully saturated rings. The summed E-state index contributed by atoms with van der Waals surface area (Å²) in [4.78, 5) is 20.3. The van der Waals surface area contributed by atoms with E-state index in [1.54, 1.807) is 16.2 Å². The van der Waals surface area contributed by atoms with Crippen LogP contribution in [0, 0.1) is 0 Å². The normalized spacial score (nSPS) is 20.4. The van der Waals surface area contributed by atoms with Crippen LogP contribution in [0.3, 0.4) is 0 Å². The fourth-order valence-corrected chi connectivity index (χ4v) is 3.34. The lowest BCUT2D eigenvalue weighted by Crippen LogP contribution is -2.62. The van der Waals surface area contributed by atoms with E-state index in [2.05, 4.69) is 25.8 Å². The van der Waals surface area contributed by atoms with Crippen LogP contribution in [0.2, 0.25) is 0 Å². The fourth-order valence-electron chi connectivity index (χ4n) is 1.92. The summed E-state index contributed by atoms with van der Waals surface area (Å²) in [5.74, 6) is 0.144. The number of carbonyl (C=O) groups is 1. The summed E-state index contributed by atoms with van der Waals surface area (Å²) in [6.45, 7) is 5.47. The van der Waals surface area contributed by atoms with Crippen LogP contribution in [-0.4, -0.2) is 41.5 Å². The van der Waals surface area contributed by atoms with Crippen LogP contribution in [0.5, 0.6) is 0 Å². The molecule has 1 saturated heterocycles. The van der Waals surface area contributed by atoms with Crippen LogP contribution in [-0.2, 0) is 4.79 Å². The van der Waals surface area contributed by atoms with Gasteiger partial charge in [0.15, 0.2) is 5.13 Å². The molecule has 0 unspecified atom stereocenters. The van der Waals surface area contributed by atoms with Gasteiger partial charge in [-0.05, 0) is 29.8 Å². The Labute approximate surface area is 107 Å². The van der Waals surface area contributed by atoms with Crippen molar-refractivity contribution in [2.24, 2.45) is 0 Å². The van der Waals surface area contributed by atoms with Gasteiger partial charge < -0.3 is 9.80 Å². The second kappa shape index (κ2) is 4.00. The van der Waals surface area contributed by atoms with Gasteiger partial charge in [0.05, 0.1) is 0 Å². The lowest BCUT2D eigenvalue weighted by Gasteiger charge is -2.44. The van der Waals surface area contributed by atoms with Crippen molar-refractivity contribution >= 4 is 38.3 Å². The van der Waals surface area contributed by atoms with Crippen LogP contribution in [0.15, 0.2) is 9.98 Å². The summed E-state index contributed by atoms with van der Waals surface area (Å²) in [6.07, 6.45) is 0. The maximum Gasteiger partial charge on any atom is 0.247 e. The highest BCUT2D eigenvalue weighted by molar-refractivity contribution is 9.10. The Morgan fingerprint density at radius 3 is 2.75 bits per heavy atom. The van der Waals surface area contributed by atoms with Crippen molar-refractivity contribution in [2.75, 3.05) is 25.0 Å². The minimum Gasteiger partial charge on any atom is -0.342 e. The SMILES string of the molecule is CN1CCN(c2nc(Br)cs2)C(C)(C)C1=O. The third kappa shape index (κ3) is 1.84. The maximum atomic E-state index is 12.1. The van der Waals surface area contributed by atoms with Crippen molar-refractivity contribution in [3.63, 3.8) is 0 Å². The summed E-state index contributed by atoms with van der Waals surface area (Å²) in [6, 6.07) is 0. The number of anilines is 1. The van der Waals surface area contributed by atoms with E-state index >= 15 is 0 Å². The van der Waals surface area contributed by atoms with Gasteiger partial charge in [0.25, 0.3) is 0 Å². The Kier molecular flexibility index (Phi) is 2.96. The molecule has 1 aliphatic heterocycles. The Balaban J connectivity index is 2.32. The molecule has 16 heavy (non-hydrogen) atoms. The lowest BCUT2D eigenvalue weighted by atomic mass is 9.99. The predicted octanol–water partition coefficient (Wildman–Crippen LogP) is 1.96. The molecule has 0 saturated carbocycles. The van der Waals surface area contributed by atoms with Gasteiger partial charge >= 0.3 is 0 Å². The van der Waals surface area contributed by atoms with E-state index in [1.807, 2.05) is 26.3 Å². The standard InChI is InChI=1S/C10H14BrN3OS/c1-10(2)8(15)13(3)4-5-14(10)9-12-7(11)6-16-9/h6H,4-5H2,1-3H3. The van der Waals surface area contributed by atoms with Crippen LogP contribution in [0.1, 0.15) is 13.8 Å². The van der Waals surface area contributed by atoms with Crippen molar-refractivity contribution < 1.29 is 4.79 Å². The average Bonchev–Trinajstić information content (AvgIpc) is 2.61. The largest absolute Gasteiger partial charge is 0.342 e. The van der Waals surface area contributed by atoms with Gasteiger partial charge in [-0.25, -0.2) is 4.98 Å². The van der Waals surface area contributed by atoms with Crippen molar-refractivity contribution in [1.29, 1.82) is 0 Å². The highest BCUT2D eigenvalue weighted by Crippen LogP contribution is 2.32. The van der Waals surface area contributed by atoms with E-state index in [0.717, 1.165) is 22.8 Å². The smallest absolute Gasteiger partial charge is 0.247 e. The number of aromatic nitrogens is 1. The van der Waals surface area contributed by atoms with Crippen LogP contribution < -0.4 is 4.90 Å². The first kappa shape index (κ1) is 11.9. The maximum absolute atomic E-state index is 12.1. The summed E-state index contributed by atoms with van der Waals surface area (Å²) >= 11 is 4.90. The van der Waals surface area contributed by atoms with Crippen molar-refractivity contribution in [1.82, 2.24) is 9.88 Å². The Bertz CT molecular complexity index is 418. The number of piperazine rings is 1. The number of nitrogens with zero attached hydrogens (tertiary/aromatic N) is 3. The molecule has 0 spiro atoms. The fraction of sp³-hybridized carbons (Fsp3) is 0.600. The molecule has 2 rings (SSSR count). The van der Waals surface area contributed by atoms with Crippen LogP contribution in [0.25, 0.3) is 0 Å². The molecule has 0 aliphatic carbocycles. The first-order valence-electron chi connectivity index (χ1n) is 5.07. The molecular weight excluding hydrogens is 290 g/mol. The second-order valence-electron chi connectivity index (χ2n) is 4.39. The number of hydrogen-bond acceptors (Lipinski definition) is 4. The zero-order valence-electron chi connectivity index (χ0n) is 9.53. The molecule has 1 amide bonds. The number of carbonyl (C=O) groups excluding carboxylic acids is 1. The molecule has 0 N–H and O–H groups in total. The molecule has 4 nitrogen and oxygen atoms in total. The van der Waals surface area contributed by atoms with Crippen LogP contribution >= 0.6 is 27.3 Å². The molecular formula is C10H14BrN3OS. The van der Waals surface area contributed by atoms with E-state index < -0.39 is 5.54 Å². The summed E-state index contributed by atoms with van der Waals surface area (Å²) < 4.78 is 0.828. The highest BCUT2D eigenvalue weighted by Gasteiger charge is 2.41. The average molecular weight is 304 g/mol. The van der Waals surface area contributed by atoms with Crippen molar-refractivity contribution in [3.8, 4) is 0 Å². The number of likely N-dealkylation sites (N-methyl/N-ethyl adjacent to an activating group) is 1. The van der Waals surface area contributed by atoms with Gasteiger partial charge in [0, 0.05) is 25.5 Å². The van der Waals surface area contributed by atoms with E-state index in [-0.39, 0.29) is 5.91 Å². The molecule has 0 atom stereocenters. The molecule has 0 radical (unpaired) electrons. The summed E-state index contributed by atoms with van der Waals surface area (Å²) in [7, 11) is 1.85. The Morgan fingerprint density at radius 2 is 2.19 bits per heavy atom. The molecule has 88 valence electrons. The highest BCUT2D eigenvalue weighted by atomic mass is 79.9. The van der Waals surface area contributed by atoms with E-state index in [9.17, 15) is 4.79 Å². The molecule has 1 aromatic heterocycles. The first-order chi connectivity index (χ1) is 7.43. The van der Waals surface area contributed by atoms with Gasteiger partial charge in [-0.15, -0.1) is 11.3 Å². The second-order valence-corrected chi connectivity index (χ2v) is 6.04. The van der Waals surface area contributed by atoms with E-state index in [1.165, 1.54) is 0 Å². The first-order valence-corrected chi connectivity index (χ1v) is 6.74. The van der Waals surface area contributed by atoms with Gasteiger partial charge in [0.2, 0.25) is 5.91 Å². The molecule has 1 aliphatic rings. The molecule has 0 aromatic carbocycles. The van der Waals surface area contributed by atoms with E-state index in [0.29, 0.717) is 0 Å². The number of hydrogen-bond donors (Lipinski definition) is 0. The van der Waals surface area contributed by atoms with Crippen molar-refractivity contribution in [3.05, 3.63) is 9.98 Å². The Morgan fingerprint density at radius 1 is 1.50 bits per heavy atom. The predicted molar refractivity (Wildman–Crippen MR) is 68.9 cm³/mol. The zero-order chi connectivity index (χ0) is 11.9. The molecule has 2 heterocycles. The topological polar surface area (TPSA) is 36.4 Å². The molecule has 1 aromatic rings. The Hall–Kier alpha value is -0.620. The number of amides is 1. The minimum absolute atomic E-state index is 0.144. The number of thiazole rings is 1. The number of rotatable bonds is 1. The minimum atomic E-state index is -0.510. The van der Waals surface area contributed by atoms with E-state index in [4.69, 9.17) is 0 Å². The molecule has 0 bridgehead atoms. The van der Waals surface area contributed by atoms with Gasteiger partial charge in [-0.3, -0.25) is 4.79 Å².